The zero-order valence-corrected chi connectivity index (χ0v) is 11.1. The van der Waals surface area contributed by atoms with Gasteiger partial charge in [0.2, 0.25) is 5.95 Å². The summed E-state index contributed by atoms with van der Waals surface area (Å²) >= 11 is 5.90. The zero-order valence-electron chi connectivity index (χ0n) is 10.3. The summed E-state index contributed by atoms with van der Waals surface area (Å²) in [6, 6.07) is 5.60. The molecular weight excluding hydrogens is 262 g/mol. The van der Waals surface area contributed by atoms with E-state index in [1.807, 2.05) is 18.3 Å². The molecule has 0 saturated carbocycles. The van der Waals surface area contributed by atoms with Crippen LogP contribution in [0.4, 0.5) is 5.95 Å². The van der Waals surface area contributed by atoms with Crippen molar-refractivity contribution in [3.05, 3.63) is 52.9 Å². The Bertz CT molecular complexity index is 722. The second-order valence-corrected chi connectivity index (χ2v) is 4.68. The number of aryl methyl sites for hydroxylation is 1. The van der Waals surface area contributed by atoms with Crippen molar-refractivity contribution < 1.29 is 0 Å². The summed E-state index contributed by atoms with van der Waals surface area (Å²) < 4.78 is 1.65. The highest BCUT2D eigenvalue weighted by molar-refractivity contribution is 6.30. The number of aromatic nitrogens is 4. The Kier molecular flexibility index (Phi) is 3.05. The Hall–Kier alpha value is -2.14. The molecule has 19 heavy (non-hydrogen) atoms. The molecule has 0 bridgehead atoms. The van der Waals surface area contributed by atoms with E-state index >= 15 is 0 Å². The van der Waals surface area contributed by atoms with Crippen LogP contribution in [-0.2, 0) is 6.54 Å². The highest BCUT2D eigenvalue weighted by Crippen LogP contribution is 2.12. The summed E-state index contributed by atoms with van der Waals surface area (Å²) in [6.07, 6.45) is 5.35. The van der Waals surface area contributed by atoms with Gasteiger partial charge < -0.3 is 5.32 Å². The van der Waals surface area contributed by atoms with Gasteiger partial charge in [-0.3, -0.25) is 4.98 Å². The minimum absolute atomic E-state index is 0.575. The summed E-state index contributed by atoms with van der Waals surface area (Å²) in [5.74, 6) is 0.575. The van der Waals surface area contributed by atoms with Crippen LogP contribution in [-0.4, -0.2) is 19.6 Å². The maximum absolute atomic E-state index is 5.90. The van der Waals surface area contributed by atoms with E-state index in [-0.39, 0.29) is 0 Å². The van der Waals surface area contributed by atoms with Gasteiger partial charge >= 0.3 is 0 Å². The Labute approximate surface area is 115 Å². The van der Waals surface area contributed by atoms with Gasteiger partial charge in [0, 0.05) is 25.1 Å². The van der Waals surface area contributed by atoms with Crippen LogP contribution in [0.15, 0.2) is 36.8 Å². The predicted molar refractivity (Wildman–Crippen MR) is 74.3 cm³/mol. The van der Waals surface area contributed by atoms with Gasteiger partial charge in [-0.25, -0.2) is 4.52 Å². The van der Waals surface area contributed by atoms with E-state index < -0.39 is 0 Å². The van der Waals surface area contributed by atoms with Crippen LogP contribution in [0.5, 0.6) is 0 Å². The van der Waals surface area contributed by atoms with Gasteiger partial charge in [-0.15, -0.1) is 5.10 Å². The lowest BCUT2D eigenvalue weighted by molar-refractivity contribution is 0.947. The lowest BCUT2D eigenvalue weighted by Crippen LogP contribution is -2.03. The smallest absolute Gasteiger partial charge is 0.243 e. The number of pyridine rings is 2. The first-order valence-electron chi connectivity index (χ1n) is 5.88. The van der Waals surface area contributed by atoms with Crippen molar-refractivity contribution in [1.29, 1.82) is 0 Å². The van der Waals surface area contributed by atoms with Gasteiger partial charge in [-0.2, -0.15) is 4.98 Å². The zero-order chi connectivity index (χ0) is 13.2. The van der Waals surface area contributed by atoms with Crippen LogP contribution in [0.2, 0.25) is 5.02 Å². The molecule has 3 rings (SSSR count). The van der Waals surface area contributed by atoms with Crippen molar-refractivity contribution in [1.82, 2.24) is 19.6 Å². The van der Waals surface area contributed by atoms with Crippen molar-refractivity contribution in [2.75, 3.05) is 5.32 Å². The number of hydrogen-bond donors (Lipinski definition) is 1. The van der Waals surface area contributed by atoms with E-state index in [2.05, 4.69) is 27.3 Å². The molecule has 0 spiro atoms. The van der Waals surface area contributed by atoms with Gasteiger partial charge in [0.15, 0.2) is 5.65 Å². The van der Waals surface area contributed by atoms with E-state index in [0.29, 0.717) is 17.5 Å². The summed E-state index contributed by atoms with van der Waals surface area (Å²) in [4.78, 5) is 8.47. The molecule has 0 fully saturated rings. The molecule has 0 aliphatic carbocycles. The van der Waals surface area contributed by atoms with E-state index in [1.54, 1.807) is 23.0 Å². The molecule has 5 nitrogen and oxygen atoms in total. The fourth-order valence-electron chi connectivity index (χ4n) is 1.79. The molecule has 0 aliphatic rings. The normalized spacial score (nSPS) is 10.8. The average molecular weight is 274 g/mol. The van der Waals surface area contributed by atoms with E-state index in [9.17, 15) is 0 Å². The van der Waals surface area contributed by atoms with Crippen molar-refractivity contribution in [2.24, 2.45) is 0 Å². The maximum atomic E-state index is 5.90. The Morgan fingerprint density at radius 2 is 2.21 bits per heavy atom. The van der Waals surface area contributed by atoms with Crippen LogP contribution in [0, 0.1) is 6.92 Å². The third-order valence-corrected chi connectivity index (χ3v) is 3.10. The van der Waals surface area contributed by atoms with Crippen molar-refractivity contribution in [2.45, 2.75) is 13.5 Å². The third-order valence-electron chi connectivity index (χ3n) is 2.88. The summed E-state index contributed by atoms with van der Waals surface area (Å²) in [7, 11) is 0. The molecular formula is C13H12ClN5. The molecule has 3 aromatic heterocycles. The summed E-state index contributed by atoms with van der Waals surface area (Å²) in [6.45, 7) is 2.69. The van der Waals surface area contributed by atoms with Crippen LogP contribution in [0.1, 0.15) is 11.1 Å². The van der Waals surface area contributed by atoms with Crippen molar-refractivity contribution in [3.63, 3.8) is 0 Å². The molecule has 0 unspecified atom stereocenters. The van der Waals surface area contributed by atoms with Gasteiger partial charge in [0.1, 0.15) is 0 Å². The SMILES string of the molecule is Cc1ccncc1CNc1nc2ccc(Cl)cn2n1. The minimum Gasteiger partial charge on any atom is -0.349 e. The number of fused-ring (bicyclic) bond motifs is 1. The standard InChI is InChI=1S/C13H12ClN5/c1-9-4-5-15-6-10(9)7-16-13-17-12-3-2-11(14)8-19(12)18-13/h2-6,8H,7H2,1H3,(H,16,18). The van der Waals surface area contributed by atoms with Crippen molar-refractivity contribution >= 4 is 23.2 Å². The molecule has 3 aromatic rings. The largest absolute Gasteiger partial charge is 0.349 e. The molecule has 0 aromatic carbocycles. The number of nitrogens with one attached hydrogen (secondary N) is 1. The molecule has 6 heteroatoms. The molecule has 0 saturated heterocycles. The van der Waals surface area contributed by atoms with Crippen molar-refractivity contribution in [3.8, 4) is 0 Å². The third kappa shape index (κ3) is 2.51. The first-order chi connectivity index (χ1) is 9.22. The highest BCUT2D eigenvalue weighted by atomic mass is 35.5. The maximum Gasteiger partial charge on any atom is 0.243 e. The summed E-state index contributed by atoms with van der Waals surface area (Å²) in [5, 5.41) is 8.12. The van der Waals surface area contributed by atoms with Crippen LogP contribution >= 0.6 is 11.6 Å². The molecule has 0 radical (unpaired) electrons. The van der Waals surface area contributed by atoms with E-state index in [4.69, 9.17) is 11.6 Å². The molecule has 3 heterocycles. The lowest BCUT2D eigenvalue weighted by atomic mass is 10.2. The first kappa shape index (κ1) is 11.9. The molecule has 1 N–H and O–H groups in total. The van der Waals surface area contributed by atoms with Gasteiger partial charge in [0.25, 0.3) is 0 Å². The minimum atomic E-state index is 0.575. The van der Waals surface area contributed by atoms with E-state index in [0.717, 1.165) is 11.2 Å². The fraction of sp³-hybridized carbons (Fsp3) is 0.154. The lowest BCUT2D eigenvalue weighted by Gasteiger charge is -2.04. The molecule has 0 atom stereocenters. The second kappa shape index (κ2) is 4.85. The molecule has 96 valence electrons. The highest BCUT2D eigenvalue weighted by Gasteiger charge is 2.04. The Balaban J connectivity index is 1.80. The summed E-state index contributed by atoms with van der Waals surface area (Å²) in [5.41, 5.74) is 3.07. The number of hydrogen-bond acceptors (Lipinski definition) is 4. The topological polar surface area (TPSA) is 55.1 Å². The number of halogens is 1. The van der Waals surface area contributed by atoms with E-state index in [1.165, 1.54) is 5.56 Å². The van der Waals surface area contributed by atoms with Crippen LogP contribution in [0.25, 0.3) is 5.65 Å². The second-order valence-electron chi connectivity index (χ2n) is 4.24. The number of anilines is 1. The van der Waals surface area contributed by atoms with Gasteiger partial charge in [0.05, 0.1) is 5.02 Å². The molecule has 0 amide bonds. The Morgan fingerprint density at radius 3 is 3.05 bits per heavy atom. The fourth-order valence-corrected chi connectivity index (χ4v) is 1.94. The quantitative estimate of drug-likeness (QED) is 0.797. The average Bonchev–Trinajstić information content (AvgIpc) is 2.79. The first-order valence-corrected chi connectivity index (χ1v) is 6.25. The predicted octanol–water partition coefficient (Wildman–Crippen LogP) is 2.70. The number of rotatable bonds is 3. The van der Waals surface area contributed by atoms with Gasteiger partial charge in [-0.05, 0) is 36.2 Å². The monoisotopic (exact) mass is 273 g/mol. The van der Waals surface area contributed by atoms with Gasteiger partial charge in [-0.1, -0.05) is 11.6 Å². The van der Waals surface area contributed by atoms with Crippen LogP contribution < -0.4 is 5.32 Å². The van der Waals surface area contributed by atoms with Crippen LogP contribution in [0.3, 0.4) is 0 Å². The number of nitrogens with zero attached hydrogens (tertiary/aromatic N) is 4. The Morgan fingerprint density at radius 1 is 1.32 bits per heavy atom. The molecule has 0 aliphatic heterocycles.